The highest BCUT2D eigenvalue weighted by Crippen LogP contribution is 2.33. The summed E-state index contributed by atoms with van der Waals surface area (Å²) in [5.74, 6) is -1.15. The van der Waals surface area contributed by atoms with E-state index in [0.717, 1.165) is 0 Å². The Hall–Kier alpha value is -1.80. The van der Waals surface area contributed by atoms with Crippen molar-refractivity contribution in [3.05, 3.63) is 18.2 Å². The topological polar surface area (TPSA) is 102 Å². The Balaban J connectivity index is 2.13. The Morgan fingerprint density at radius 2 is 2.00 bits per heavy atom. The lowest BCUT2D eigenvalue weighted by molar-refractivity contribution is -0.142. The summed E-state index contributed by atoms with van der Waals surface area (Å²) < 4.78 is 36.9. The SMILES string of the molecule is CC(C)C(CNS(=O)(=O)c1ccc2c(c1)OCO2)C(=O)O. The maximum absolute atomic E-state index is 12.2. The first-order valence-corrected chi connectivity index (χ1v) is 7.91. The van der Waals surface area contributed by atoms with E-state index in [2.05, 4.69) is 4.72 Å². The van der Waals surface area contributed by atoms with E-state index in [1.807, 2.05) is 0 Å². The van der Waals surface area contributed by atoms with E-state index in [4.69, 9.17) is 14.6 Å². The van der Waals surface area contributed by atoms with Gasteiger partial charge in [-0.15, -0.1) is 0 Å². The molecule has 0 amide bonds. The second kappa shape index (κ2) is 5.90. The predicted molar refractivity (Wildman–Crippen MR) is 73.7 cm³/mol. The summed E-state index contributed by atoms with van der Waals surface area (Å²) in [7, 11) is -3.79. The van der Waals surface area contributed by atoms with Crippen LogP contribution in [0.1, 0.15) is 13.8 Å². The lowest BCUT2D eigenvalue weighted by atomic mass is 9.97. The molecule has 0 aliphatic carbocycles. The number of sulfonamides is 1. The van der Waals surface area contributed by atoms with Crippen LogP contribution in [0.25, 0.3) is 0 Å². The molecule has 2 rings (SSSR count). The number of ether oxygens (including phenoxy) is 2. The van der Waals surface area contributed by atoms with Crippen molar-refractivity contribution in [3.63, 3.8) is 0 Å². The highest BCUT2D eigenvalue weighted by Gasteiger charge is 2.25. The minimum Gasteiger partial charge on any atom is -0.481 e. The molecular formula is C13H17NO6S. The number of hydrogen-bond acceptors (Lipinski definition) is 5. The largest absolute Gasteiger partial charge is 0.481 e. The fraction of sp³-hybridized carbons (Fsp3) is 0.462. The predicted octanol–water partition coefficient (Wildman–Crippen LogP) is 1.05. The molecule has 116 valence electrons. The zero-order valence-electron chi connectivity index (χ0n) is 11.7. The summed E-state index contributed by atoms with van der Waals surface area (Å²) >= 11 is 0. The van der Waals surface area contributed by atoms with Crippen LogP contribution in [-0.4, -0.2) is 32.8 Å². The molecule has 1 aromatic rings. The number of carboxylic acid groups (broad SMARTS) is 1. The van der Waals surface area contributed by atoms with Crippen molar-refractivity contribution in [1.29, 1.82) is 0 Å². The fourth-order valence-electron chi connectivity index (χ4n) is 1.94. The summed E-state index contributed by atoms with van der Waals surface area (Å²) in [6.45, 7) is 3.35. The highest BCUT2D eigenvalue weighted by atomic mass is 32.2. The van der Waals surface area contributed by atoms with Crippen LogP contribution in [0, 0.1) is 11.8 Å². The Kier molecular flexibility index (Phi) is 4.38. The Morgan fingerprint density at radius 1 is 1.33 bits per heavy atom. The van der Waals surface area contributed by atoms with Crippen LogP contribution in [0.2, 0.25) is 0 Å². The average Bonchev–Trinajstić information content (AvgIpc) is 2.84. The number of rotatable bonds is 6. The smallest absolute Gasteiger partial charge is 0.308 e. The minimum atomic E-state index is -3.79. The van der Waals surface area contributed by atoms with Gasteiger partial charge in [0.1, 0.15) is 0 Å². The number of nitrogens with one attached hydrogen (secondary N) is 1. The maximum Gasteiger partial charge on any atom is 0.308 e. The number of carbonyl (C=O) groups is 1. The van der Waals surface area contributed by atoms with E-state index >= 15 is 0 Å². The van der Waals surface area contributed by atoms with E-state index in [9.17, 15) is 13.2 Å². The van der Waals surface area contributed by atoms with Gasteiger partial charge >= 0.3 is 5.97 Å². The second-order valence-electron chi connectivity index (χ2n) is 5.06. The summed E-state index contributed by atoms with van der Waals surface area (Å²) in [5.41, 5.74) is 0. The van der Waals surface area contributed by atoms with E-state index in [1.165, 1.54) is 18.2 Å². The van der Waals surface area contributed by atoms with E-state index < -0.39 is 21.9 Å². The molecule has 1 aromatic carbocycles. The van der Waals surface area contributed by atoms with Gasteiger partial charge in [-0.2, -0.15) is 0 Å². The molecular weight excluding hydrogens is 298 g/mol. The van der Waals surface area contributed by atoms with Crippen molar-refractivity contribution in [2.45, 2.75) is 18.7 Å². The lowest BCUT2D eigenvalue weighted by Gasteiger charge is -2.16. The van der Waals surface area contributed by atoms with Gasteiger partial charge in [-0.3, -0.25) is 4.79 Å². The summed E-state index contributed by atoms with van der Waals surface area (Å²) in [5, 5.41) is 9.07. The van der Waals surface area contributed by atoms with Gasteiger partial charge in [0, 0.05) is 12.6 Å². The number of carboxylic acids is 1. The molecule has 0 saturated carbocycles. The quantitative estimate of drug-likeness (QED) is 0.813. The van der Waals surface area contributed by atoms with E-state index in [-0.39, 0.29) is 24.2 Å². The van der Waals surface area contributed by atoms with Crippen molar-refractivity contribution in [1.82, 2.24) is 4.72 Å². The molecule has 8 heteroatoms. The van der Waals surface area contributed by atoms with E-state index in [0.29, 0.717) is 11.5 Å². The molecule has 0 radical (unpaired) electrons. The Labute approximate surface area is 122 Å². The number of fused-ring (bicyclic) bond motifs is 1. The van der Waals surface area contributed by atoms with Crippen LogP contribution in [0.15, 0.2) is 23.1 Å². The summed E-state index contributed by atoms with van der Waals surface area (Å²) in [6.07, 6.45) is 0. The number of aliphatic carboxylic acids is 1. The third kappa shape index (κ3) is 3.45. The minimum absolute atomic E-state index is 0.0136. The van der Waals surface area contributed by atoms with Gasteiger partial charge < -0.3 is 14.6 Å². The molecule has 0 aromatic heterocycles. The molecule has 1 aliphatic heterocycles. The van der Waals surface area contributed by atoms with Crippen LogP contribution in [0.5, 0.6) is 11.5 Å². The molecule has 2 N–H and O–H groups in total. The molecule has 1 atom stereocenters. The van der Waals surface area contributed by atoms with Crippen molar-refractivity contribution < 1.29 is 27.8 Å². The fourth-order valence-corrected chi connectivity index (χ4v) is 3.01. The van der Waals surface area contributed by atoms with Crippen molar-refractivity contribution >= 4 is 16.0 Å². The van der Waals surface area contributed by atoms with Gasteiger partial charge in [0.15, 0.2) is 11.5 Å². The van der Waals surface area contributed by atoms with Crippen molar-refractivity contribution in [2.75, 3.05) is 13.3 Å². The highest BCUT2D eigenvalue weighted by molar-refractivity contribution is 7.89. The average molecular weight is 315 g/mol. The lowest BCUT2D eigenvalue weighted by Crippen LogP contribution is -2.35. The molecule has 21 heavy (non-hydrogen) atoms. The van der Waals surface area contributed by atoms with Crippen LogP contribution in [0.4, 0.5) is 0 Å². The Morgan fingerprint density at radius 3 is 2.62 bits per heavy atom. The van der Waals surface area contributed by atoms with Crippen LogP contribution in [-0.2, 0) is 14.8 Å². The van der Waals surface area contributed by atoms with Gasteiger partial charge in [0.05, 0.1) is 10.8 Å². The van der Waals surface area contributed by atoms with Gasteiger partial charge in [-0.25, -0.2) is 13.1 Å². The number of benzene rings is 1. The van der Waals surface area contributed by atoms with Gasteiger partial charge in [0.25, 0.3) is 0 Å². The van der Waals surface area contributed by atoms with Crippen molar-refractivity contribution in [3.8, 4) is 11.5 Å². The third-order valence-corrected chi connectivity index (χ3v) is 4.69. The molecule has 0 bridgehead atoms. The molecule has 0 saturated heterocycles. The van der Waals surface area contributed by atoms with Crippen LogP contribution in [0.3, 0.4) is 0 Å². The van der Waals surface area contributed by atoms with E-state index in [1.54, 1.807) is 13.8 Å². The van der Waals surface area contributed by atoms with Gasteiger partial charge in [0.2, 0.25) is 16.8 Å². The summed E-state index contributed by atoms with van der Waals surface area (Å²) in [6, 6.07) is 4.25. The molecule has 0 spiro atoms. The molecule has 1 unspecified atom stereocenters. The monoisotopic (exact) mass is 315 g/mol. The standard InChI is InChI=1S/C13H17NO6S/c1-8(2)10(13(15)16)6-14-21(17,18)9-3-4-11-12(5-9)20-7-19-11/h3-5,8,10,14H,6-7H2,1-2H3,(H,15,16). The first kappa shape index (κ1) is 15.6. The molecule has 7 nitrogen and oxygen atoms in total. The first-order valence-electron chi connectivity index (χ1n) is 6.43. The van der Waals surface area contributed by atoms with Crippen LogP contribution >= 0.6 is 0 Å². The zero-order chi connectivity index (χ0) is 15.6. The Bertz CT molecular complexity index is 640. The number of hydrogen-bond donors (Lipinski definition) is 2. The normalized spacial score (nSPS) is 15.2. The van der Waals surface area contributed by atoms with Crippen LogP contribution < -0.4 is 14.2 Å². The molecule has 1 aliphatic rings. The van der Waals surface area contributed by atoms with Gasteiger partial charge in [-0.05, 0) is 18.1 Å². The van der Waals surface area contributed by atoms with Gasteiger partial charge in [-0.1, -0.05) is 13.8 Å². The first-order chi connectivity index (χ1) is 9.81. The second-order valence-corrected chi connectivity index (χ2v) is 6.82. The maximum atomic E-state index is 12.2. The molecule has 1 heterocycles. The molecule has 0 fully saturated rings. The van der Waals surface area contributed by atoms with Crippen molar-refractivity contribution in [2.24, 2.45) is 11.8 Å². The third-order valence-electron chi connectivity index (χ3n) is 3.27. The zero-order valence-corrected chi connectivity index (χ0v) is 12.5. The summed E-state index contributed by atoms with van der Waals surface area (Å²) in [4.78, 5) is 11.1.